The number of rotatable bonds is 5. The predicted molar refractivity (Wildman–Crippen MR) is 117 cm³/mol. The molecule has 0 spiro atoms. The standard InChI is InChI=1S/C25H29F3N2O/c1-3-23(29)25(17-11-18(26)13-19(27)12-17)7-4-20(5-8-25)31-24-15(2)21-6-9-30-14-16(21)10-22(24)28/h6,9-11,13-14,17,20,23H,3-5,7-8,12,29H2,1-2H3. The fourth-order valence-corrected chi connectivity index (χ4v) is 5.43. The van der Waals surface area contributed by atoms with Crippen LogP contribution >= 0.6 is 0 Å². The van der Waals surface area contributed by atoms with Gasteiger partial charge in [-0.05, 0) is 74.0 Å². The number of nitrogens with zero attached hydrogens (tertiary/aromatic N) is 1. The Bertz CT molecular complexity index is 1020. The highest BCUT2D eigenvalue weighted by Crippen LogP contribution is 2.50. The van der Waals surface area contributed by atoms with Gasteiger partial charge in [0.15, 0.2) is 11.6 Å². The van der Waals surface area contributed by atoms with Gasteiger partial charge < -0.3 is 10.5 Å². The summed E-state index contributed by atoms with van der Waals surface area (Å²) in [6.45, 7) is 3.86. The fraction of sp³-hybridized carbons (Fsp3) is 0.480. The molecule has 0 saturated heterocycles. The van der Waals surface area contributed by atoms with Crippen molar-refractivity contribution < 1.29 is 17.9 Å². The van der Waals surface area contributed by atoms with E-state index in [4.69, 9.17) is 10.5 Å². The Hall–Kier alpha value is -2.34. The monoisotopic (exact) mass is 430 g/mol. The lowest BCUT2D eigenvalue weighted by Gasteiger charge is -2.48. The molecule has 2 aliphatic carbocycles. The molecule has 166 valence electrons. The van der Waals surface area contributed by atoms with Crippen molar-refractivity contribution in [3.63, 3.8) is 0 Å². The van der Waals surface area contributed by atoms with Crippen LogP contribution in [0.2, 0.25) is 0 Å². The van der Waals surface area contributed by atoms with E-state index >= 15 is 0 Å². The van der Waals surface area contributed by atoms with E-state index in [1.807, 2.05) is 19.9 Å². The van der Waals surface area contributed by atoms with Crippen molar-refractivity contribution in [3.05, 3.63) is 59.7 Å². The Balaban J connectivity index is 1.54. The molecule has 2 aromatic rings. The highest BCUT2D eigenvalue weighted by molar-refractivity contribution is 5.86. The van der Waals surface area contributed by atoms with Crippen LogP contribution in [0.4, 0.5) is 13.2 Å². The quantitative estimate of drug-likeness (QED) is 0.593. The van der Waals surface area contributed by atoms with Gasteiger partial charge in [-0.15, -0.1) is 0 Å². The van der Waals surface area contributed by atoms with Gasteiger partial charge in [0.1, 0.15) is 11.7 Å². The maximum absolute atomic E-state index is 14.8. The summed E-state index contributed by atoms with van der Waals surface area (Å²) in [4.78, 5) is 4.05. The first-order chi connectivity index (χ1) is 14.8. The minimum absolute atomic E-state index is 0.164. The number of allylic oxidation sites excluding steroid dienone is 4. The molecule has 2 N–H and O–H groups in total. The topological polar surface area (TPSA) is 48.1 Å². The zero-order valence-electron chi connectivity index (χ0n) is 18.0. The van der Waals surface area contributed by atoms with Crippen molar-refractivity contribution in [2.75, 3.05) is 0 Å². The molecule has 31 heavy (non-hydrogen) atoms. The largest absolute Gasteiger partial charge is 0.487 e. The second-order valence-corrected chi connectivity index (χ2v) is 8.93. The Kier molecular flexibility index (Phi) is 6.11. The van der Waals surface area contributed by atoms with E-state index in [-0.39, 0.29) is 35.6 Å². The molecule has 4 rings (SSSR count). The molecular weight excluding hydrogens is 401 g/mol. The van der Waals surface area contributed by atoms with E-state index in [2.05, 4.69) is 4.98 Å². The number of aryl methyl sites for hydroxylation is 1. The number of ether oxygens (including phenoxy) is 1. The molecule has 0 radical (unpaired) electrons. The zero-order valence-corrected chi connectivity index (χ0v) is 18.0. The first-order valence-electron chi connectivity index (χ1n) is 11.0. The lowest BCUT2D eigenvalue weighted by Crippen LogP contribution is -2.50. The second-order valence-electron chi connectivity index (χ2n) is 8.93. The first-order valence-corrected chi connectivity index (χ1v) is 11.0. The van der Waals surface area contributed by atoms with Crippen molar-refractivity contribution in [1.29, 1.82) is 0 Å². The molecule has 0 aliphatic heterocycles. The molecule has 1 heterocycles. The normalized spacial score (nSPS) is 27.5. The van der Waals surface area contributed by atoms with Crippen LogP contribution in [0.15, 0.2) is 48.3 Å². The number of benzene rings is 1. The molecule has 1 saturated carbocycles. The Morgan fingerprint density at radius 3 is 2.68 bits per heavy atom. The molecule has 1 aromatic carbocycles. The zero-order chi connectivity index (χ0) is 22.2. The maximum atomic E-state index is 14.8. The maximum Gasteiger partial charge on any atom is 0.166 e. The van der Waals surface area contributed by atoms with E-state index in [9.17, 15) is 13.2 Å². The minimum Gasteiger partial charge on any atom is -0.487 e. The summed E-state index contributed by atoms with van der Waals surface area (Å²) in [7, 11) is 0. The third-order valence-electron chi connectivity index (χ3n) is 7.23. The van der Waals surface area contributed by atoms with E-state index in [1.165, 1.54) is 12.1 Å². The van der Waals surface area contributed by atoms with Gasteiger partial charge in [-0.2, -0.15) is 0 Å². The Morgan fingerprint density at radius 1 is 1.26 bits per heavy atom. The van der Waals surface area contributed by atoms with Crippen molar-refractivity contribution in [2.45, 2.75) is 64.5 Å². The smallest absolute Gasteiger partial charge is 0.166 e. The summed E-state index contributed by atoms with van der Waals surface area (Å²) >= 11 is 0. The SMILES string of the molecule is CCC(N)C1(C2C=C(F)C=C(F)C2)CCC(Oc2c(F)cc3cnccc3c2C)CC1. The fourth-order valence-electron chi connectivity index (χ4n) is 5.43. The van der Waals surface area contributed by atoms with Crippen molar-refractivity contribution in [2.24, 2.45) is 17.1 Å². The summed E-state index contributed by atoms with van der Waals surface area (Å²) in [5.74, 6) is -1.37. The lowest BCUT2D eigenvalue weighted by atomic mass is 9.59. The average Bonchev–Trinajstić information content (AvgIpc) is 2.76. The Labute approximate surface area is 181 Å². The van der Waals surface area contributed by atoms with Gasteiger partial charge in [0.25, 0.3) is 0 Å². The molecule has 6 heteroatoms. The van der Waals surface area contributed by atoms with Crippen LogP contribution in [0.25, 0.3) is 10.8 Å². The summed E-state index contributed by atoms with van der Waals surface area (Å²) in [5, 5.41) is 1.65. The van der Waals surface area contributed by atoms with Gasteiger partial charge in [0, 0.05) is 41.9 Å². The van der Waals surface area contributed by atoms with Gasteiger partial charge in [0.2, 0.25) is 0 Å². The molecule has 3 nitrogen and oxygen atoms in total. The molecule has 2 unspecified atom stereocenters. The predicted octanol–water partition coefficient (Wildman–Crippen LogP) is 6.45. The van der Waals surface area contributed by atoms with Crippen LogP contribution in [-0.2, 0) is 0 Å². The van der Waals surface area contributed by atoms with Crippen LogP contribution in [0.1, 0.15) is 51.0 Å². The van der Waals surface area contributed by atoms with E-state index < -0.39 is 17.5 Å². The number of fused-ring (bicyclic) bond motifs is 1. The number of nitrogens with two attached hydrogens (primary N) is 1. The molecule has 0 amide bonds. The first kappa shape index (κ1) is 21.9. The molecular formula is C25H29F3N2O. The average molecular weight is 431 g/mol. The van der Waals surface area contributed by atoms with E-state index in [1.54, 1.807) is 12.4 Å². The minimum atomic E-state index is -0.529. The van der Waals surface area contributed by atoms with E-state index in [0.29, 0.717) is 25.7 Å². The van der Waals surface area contributed by atoms with E-state index in [0.717, 1.165) is 28.8 Å². The van der Waals surface area contributed by atoms with Gasteiger partial charge in [-0.1, -0.05) is 6.92 Å². The highest BCUT2D eigenvalue weighted by Gasteiger charge is 2.46. The van der Waals surface area contributed by atoms with Crippen LogP contribution in [0.3, 0.4) is 0 Å². The van der Waals surface area contributed by atoms with Crippen LogP contribution < -0.4 is 10.5 Å². The summed E-state index contributed by atoms with van der Waals surface area (Å²) in [6.07, 6.45) is 9.26. The summed E-state index contributed by atoms with van der Waals surface area (Å²) in [5.41, 5.74) is 6.88. The van der Waals surface area contributed by atoms with Crippen molar-refractivity contribution in [1.82, 2.24) is 4.98 Å². The summed E-state index contributed by atoms with van der Waals surface area (Å²) < 4.78 is 48.9. The molecule has 1 aromatic heterocycles. The molecule has 2 atom stereocenters. The third kappa shape index (κ3) is 4.10. The Morgan fingerprint density at radius 2 is 2.00 bits per heavy atom. The van der Waals surface area contributed by atoms with Crippen LogP contribution in [0, 0.1) is 24.1 Å². The lowest BCUT2D eigenvalue weighted by molar-refractivity contribution is 0.0249. The number of aromatic nitrogens is 1. The number of halogens is 3. The van der Waals surface area contributed by atoms with Gasteiger partial charge >= 0.3 is 0 Å². The van der Waals surface area contributed by atoms with Gasteiger partial charge in [0.05, 0.1) is 6.10 Å². The number of pyridine rings is 1. The third-order valence-corrected chi connectivity index (χ3v) is 7.23. The van der Waals surface area contributed by atoms with Crippen molar-refractivity contribution in [3.8, 4) is 5.75 Å². The van der Waals surface area contributed by atoms with Gasteiger partial charge in [-0.3, -0.25) is 4.98 Å². The van der Waals surface area contributed by atoms with Crippen LogP contribution in [0.5, 0.6) is 5.75 Å². The summed E-state index contributed by atoms with van der Waals surface area (Å²) in [6, 6.07) is 3.14. The highest BCUT2D eigenvalue weighted by atomic mass is 19.1. The van der Waals surface area contributed by atoms with Crippen LogP contribution in [-0.4, -0.2) is 17.1 Å². The van der Waals surface area contributed by atoms with Crippen molar-refractivity contribution >= 4 is 10.8 Å². The second kappa shape index (κ2) is 8.65. The molecule has 0 bridgehead atoms. The number of hydrogen-bond donors (Lipinski definition) is 1. The number of hydrogen-bond acceptors (Lipinski definition) is 3. The molecule has 2 aliphatic rings. The van der Waals surface area contributed by atoms with Gasteiger partial charge in [-0.25, -0.2) is 13.2 Å². The molecule has 1 fully saturated rings.